The molecular formula is C9H7ClN2O. The number of hydrogen-bond donors (Lipinski definition) is 0. The number of carbonyl (C=O) groups excluding carboxylic acids is 1. The van der Waals surface area contributed by atoms with Crippen LogP contribution in [0.3, 0.4) is 0 Å². The number of aryl methyl sites for hydroxylation is 1. The van der Waals surface area contributed by atoms with Crippen molar-refractivity contribution >= 4 is 23.5 Å². The van der Waals surface area contributed by atoms with Crippen LogP contribution in [0, 0.1) is 6.92 Å². The van der Waals surface area contributed by atoms with Gasteiger partial charge in [0.2, 0.25) is 0 Å². The molecule has 0 amide bonds. The standard InChI is InChI=1S/C9H7ClN2O/c1-6-8(5-13)12-3-2-7(10)4-9(12)11-6/h2-5H,1H3. The predicted octanol–water partition coefficient (Wildman–Crippen LogP) is 2.11. The lowest BCUT2D eigenvalue weighted by molar-refractivity contribution is 0.111. The van der Waals surface area contributed by atoms with Crippen molar-refractivity contribution in [2.75, 3.05) is 0 Å². The van der Waals surface area contributed by atoms with E-state index in [2.05, 4.69) is 4.98 Å². The van der Waals surface area contributed by atoms with Gasteiger partial charge >= 0.3 is 0 Å². The Labute approximate surface area is 80.0 Å². The highest BCUT2D eigenvalue weighted by Crippen LogP contribution is 2.14. The Balaban J connectivity index is 2.86. The van der Waals surface area contributed by atoms with Gasteiger partial charge in [-0.2, -0.15) is 0 Å². The summed E-state index contributed by atoms with van der Waals surface area (Å²) in [6.07, 6.45) is 2.53. The zero-order valence-electron chi connectivity index (χ0n) is 6.99. The summed E-state index contributed by atoms with van der Waals surface area (Å²) in [7, 11) is 0. The molecule has 0 aliphatic heterocycles. The highest BCUT2D eigenvalue weighted by Gasteiger charge is 2.06. The second-order valence-electron chi connectivity index (χ2n) is 2.77. The largest absolute Gasteiger partial charge is 0.297 e. The lowest BCUT2D eigenvalue weighted by Crippen LogP contribution is -1.90. The zero-order chi connectivity index (χ0) is 9.42. The third-order valence-electron chi connectivity index (χ3n) is 1.92. The lowest BCUT2D eigenvalue weighted by Gasteiger charge is -1.94. The van der Waals surface area contributed by atoms with Crippen LogP contribution in [-0.4, -0.2) is 15.7 Å². The highest BCUT2D eigenvalue weighted by molar-refractivity contribution is 6.30. The summed E-state index contributed by atoms with van der Waals surface area (Å²) in [5, 5.41) is 0.620. The lowest BCUT2D eigenvalue weighted by atomic mass is 10.4. The molecule has 0 fully saturated rings. The SMILES string of the molecule is Cc1nc2cc(Cl)ccn2c1C=O. The molecule has 0 aliphatic carbocycles. The summed E-state index contributed by atoms with van der Waals surface area (Å²) < 4.78 is 1.72. The molecule has 13 heavy (non-hydrogen) atoms. The van der Waals surface area contributed by atoms with Crippen LogP contribution in [0.5, 0.6) is 0 Å². The number of carbonyl (C=O) groups is 1. The van der Waals surface area contributed by atoms with Crippen LogP contribution >= 0.6 is 11.6 Å². The van der Waals surface area contributed by atoms with Crippen LogP contribution in [0.4, 0.5) is 0 Å². The predicted molar refractivity (Wildman–Crippen MR) is 50.3 cm³/mol. The molecule has 3 nitrogen and oxygen atoms in total. The van der Waals surface area contributed by atoms with Crippen molar-refractivity contribution < 1.29 is 4.79 Å². The summed E-state index contributed by atoms with van der Waals surface area (Å²) in [5.74, 6) is 0. The van der Waals surface area contributed by atoms with Gasteiger partial charge in [0.1, 0.15) is 11.3 Å². The van der Waals surface area contributed by atoms with Crippen LogP contribution in [0.25, 0.3) is 5.65 Å². The van der Waals surface area contributed by atoms with Gasteiger partial charge in [0.15, 0.2) is 6.29 Å². The molecule has 0 atom stereocenters. The molecule has 0 radical (unpaired) electrons. The molecule has 0 spiro atoms. The maximum Gasteiger partial charge on any atom is 0.168 e. The van der Waals surface area contributed by atoms with Gasteiger partial charge in [-0.15, -0.1) is 0 Å². The maximum absolute atomic E-state index is 10.7. The Morgan fingerprint density at radius 3 is 3.08 bits per heavy atom. The van der Waals surface area contributed by atoms with Crippen LogP contribution in [0.1, 0.15) is 16.2 Å². The first-order chi connectivity index (χ1) is 6.22. The van der Waals surface area contributed by atoms with E-state index in [4.69, 9.17) is 11.6 Å². The van der Waals surface area contributed by atoms with Crippen molar-refractivity contribution in [1.82, 2.24) is 9.38 Å². The van der Waals surface area contributed by atoms with Gasteiger partial charge in [0.25, 0.3) is 0 Å². The minimum Gasteiger partial charge on any atom is -0.297 e. The van der Waals surface area contributed by atoms with Gasteiger partial charge in [-0.05, 0) is 13.0 Å². The molecule has 2 rings (SSSR count). The van der Waals surface area contributed by atoms with E-state index < -0.39 is 0 Å². The maximum atomic E-state index is 10.7. The molecule has 0 saturated heterocycles. The Morgan fingerprint density at radius 1 is 1.62 bits per heavy atom. The third kappa shape index (κ3) is 1.21. The quantitative estimate of drug-likeness (QED) is 0.652. The molecule has 0 aliphatic rings. The van der Waals surface area contributed by atoms with Crippen molar-refractivity contribution in [2.24, 2.45) is 0 Å². The summed E-state index contributed by atoms with van der Waals surface area (Å²) in [6, 6.07) is 3.45. The van der Waals surface area contributed by atoms with E-state index in [1.54, 1.807) is 29.7 Å². The van der Waals surface area contributed by atoms with Crippen molar-refractivity contribution in [3.63, 3.8) is 0 Å². The first kappa shape index (κ1) is 8.26. The summed E-state index contributed by atoms with van der Waals surface area (Å²) in [5.41, 5.74) is 2.00. The molecule has 66 valence electrons. The Hall–Kier alpha value is -1.35. The molecule has 0 aromatic carbocycles. The topological polar surface area (TPSA) is 34.4 Å². The second kappa shape index (κ2) is 2.85. The number of rotatable bonds is 1. The van der Waals surface area contributed by atoms with Crippen molar-refractivity contribution in [3.05, 3.63) is 34.7 Å². The molecule has 2 aromatic rings. The van der Waals surface area contributed by atoms with Gasteiger partial charge < -0.3 is 0 Å². The molecular weight excluding hydrogens is 188 g/mol. The molecule has 0 N–H and O–H groups in total. The Bertz CT molecular complexity index is 476. The average molecular weight is 195 g/mol. The van der Waals surface area contributed by atoms with E-state index in [9.17, 15) is 4.79 Å². The fourth-order valence-electron chi connectivity index (χ4n) is 1.30. The fraction of sp³-hybridized carbons (Fsp3) is 0.111. The van der Waals surface area contributed by atoms with Gasteiger partial charge in [-0.3, -0.25) is 9.20 Å². The summed E-state index contributed by atoms with van der Waals surface area (Å²) >= 11 is 5.78. The summed E-state index contributed by atoms with van der Waals surface area (Å²) in [6.45, 7) is 1.80. The van der Waals surface area contributed by atoms with E-state index in [-0.39, 0.29) is 0 Å². The van der Waals surface area contributed by atoms with Crippen molar-refractivity contribution in [1.29, 1.82) is 0 Å². The molecule has 2 aromatic heterocycles. The number of pyridine rings is 1. The third-order valence-corrected chi connectivity index (χ3v) is 2.16. The molecule has 0 unspecified atom stereocenters. The zero-order valence-corrected chi connectivity index (χ0v) is 7.75. The minimum atomic E-state index is 0.576. The molecule has 0 bridgehead atoms. The molecule has 4 heteroatoms. The number of aromatic nitrogens is 2. The number of hydrogen-bond acceptors (Lipinski definition) is 2. The summed E-state index contributed by atoms with van der Waals surface area (Å²) in [4.78, 5) is 14.9. The van der Waals surface area contributed by atoms with Gasteiger partial charge in [0, 0.05) is 17.3 Å². The second-order valence-corrected chi connectivity index (χ2v) is 3.21. The van der Waals surface area contributed by atoms with E-state index in [0.717, 1.165) is 12.0 Å². The fourth-order valence-corrected chi connectivity index (χ4v) is 1.45. The van der Waals surface area contributed by atoms with Gasteiger partial charge in [-0.1, -0.05) is 11.6 Å². The van der Waals surface area contributed by atoms with E-state index in [0.29, 0.717) is 16.4 Å². The molecule has 0 saturated carbocycles. The number of aldehydes is 1. The van der Waals surface area contributed by atoms with Crippen LogP contribution in [-0.2, 0) is 0 Å². The average Bonchev–Trinajstić information content (AvgIpc) is 2.39. The normalized spacial score (nSPS) is 10.6. The van der Waals surface area contributed by atoms with Crippen molar-refractivity contribution in [3.8, 4) is 0 Å². The number of imidazole rings is 1. The van der Waals surface area contributed by atoms with E-state index >= 15 is 0 Å². The van der Waals surface area contributed by atoms with Gasteiger partial charge in [-0.25, -0.2) is 4.98 Å². The number of nitrogens with zero attached hydrogens (tertiary/aromatic N) is 2. The van der Waals surface area contributed by atoms with E-state index in [1.165, 1.54) is 0 Å². The number of halogens is 1. The molecule has 2 heterocycles. The smallest absolute Gasteiger partial charge is 0.168 e. The van der Waals surface area contributed by atoms with Crippen molar-refractivity contribution in [2.45, 2.75) is 6.92 Å². The minimum absolute atomic E-state index is 0.576. The Morgan fingerprint density at radius 2 is 2.38 bits per heavy atom. The van der Waals surface area contributed by atoms with Gasteiger partial charge in [0.05, 0.1) is 5.69 Å². The Kier molecular flexibility index (Phi) is 1.81. The van der Waals surface area contributed by atoms with Crippen LogP contribution in [0.2, 0.25) is 5.02 Å². The first-order valence-electron chi connectivity index (χ1n) is 3.82. The first-order valence-corrected chi connectivity index (χ1v) is 4.19. The van der Waals surface area contributed by atoms with E-state index in [1.807, 2.05) is 0 Å². The van der Waals surface area contributed by atoms with Crippen LogP contribution < -0.4 is 0 Å². The number of fused-ring (bicyclic) bond motifs is 1. The monoisotopic (exact) mass is 194 g/mol. The highest BCUT2D eigenvalue weighted by atomic mass is 35.5. The van der Waals surface area contributed by atoms with Crippen LogP contribution in [0.15, 0.2) is 18.3 Å².